The second kappa shape index (κ2) is 5.19. The lowest BCUT2D eigenvalue weighted by molar-refractivity contribution is 0.914. The monoisotopic (exact) mass is 336 g/mol. The van der Waals surface area contributed by atoms with E-state index in [9.17, 15) is 0 Å². The van der Waals surface area contributed by atoms with Crippen molar-refractivity contribution < 1.29 is 0 Å². The topological polar surface area (TPSA) is 42.2 Å². The summed E-state index contributed by atoms with van der Waals surface area (Å²) < 4.78 is 2.43. The molecule has 4 nitrogen and oxygen atoms in total. The van der Waals surface area contributed by atoms with Crippen molar-refractivity contribution in [1.82, 2.24) is 14.6 Å². The lowest BCUT2D eigenvalue weighted by Crippen LogP contribution is -2.03. The van der Waals surface area contributed by atoms with E-state index in [1.807, 2.05) is 18.2 Å². The maximum absolute atomic E-state index is 6.01. The third kappa shape index (κ3) is 2.57. The van der Waals surface area contributed by atoms with E-state index in [4.69, 9.17) is 11.6 Å². The molecule has 2 heterocycles. The van der Waals surface area contributed by atoms with Crippen molar-refractivity contribution in [1.29, 1.82) is 0 Å². The highest BCUT2D eigenvalue weighted by molar-refractivity contribution is 9.10. The molecule has 96 valence electrons. The van der Waals surface area contributed by atoms with Gasteiger partial charge in [-0.25, -0.2) is 9.50 Å². The van der Waals surface area contributed by atoms with Crippen molar-refractivity contribution in [3.8, 4) is 0 Å². The van der Waals surface area contributed by atoms with Crippen molar-refractivity contribution in [3.05, 3.63) is 57.9 Å². The molecule has 1 N–H and O–H groups in total. The molecule has 2 aromatic heterocycles. The van der Waals surface area contributed by atoms with Gasteiger partial charge in [0.15, 0.2) is 10.8 Å². The van der Waals surface area contributed by atoms with E-state index in [0.717, 1.165) is 15.9 Å². The molecule has 3 rings (SSSR count). The number of benzene rings is 1. The molecule has 0 bridgehead atoms. The molecular formula is C13H10BrClN4. The molecule has 0 radical (unpaired) electrons. The van der Waals surface area contributed by atoms with Gasteiger partial charge in [-0.05, 0) is 21.5 Å². The first kappa shape index (κ1) is 12.4. The molecule has 6 heteroatoms. The number of rotatable bonds is 3. The average Bonchev–Trinajstić information content (AvgIpc) is 2.79. The molecule has 19 heavy (non-hydrogen) atoms. The quantitative estimate of drug-likeness (QED) is 0.791. The van der Waals surface area contributed by atoms with Crippen LogP contribution in [0, 0.1) is 0 Å². The minimum absolute atomic E-state index is 0.418. The summed E-state index contributed by atoms with van der Waals surface area (Å²) in [7, 11) is 0. The predicted octanol–water partition coefficient (Wildman–Crippen LogP) is 3.76. The number of nitrogens with one attached hydrogen (secondary N) is 1. The summed E-state index contributed by atoms with van der Waals surface area (Å²) in [6.45, 7) is 0.710. The van der Waals surface area contributed by atoms with E-state index in [0.29, 0.717) is 11.7 Å². The molecular weight excluding hydrogens is 328 g/mol. The highest BCUT2D eigenvalue weighted by atomic mass is 79.9. The average molecular weight is 338 g/mol. The summed E-state index contributed by atoms with van der Waals surface area (Å²) in [5.74, 6) is 0. The minimum atomic E-state index is 0.418. The molecule has 0 fully saturated rings. The summed E-state index contributed by atoms with van der Waals surface area (Å²) in [4.78, 5) is 4.30. The Morgan fingerprint density at radius 1 is 1.26 bits per heavy atom. The van der Waals surface area contributed by atoms with Gasteiger partial charge in [-0.15, -0.1) is 0 Å². The van der Waals surface area contributed by atoms with Crippen LogP contribution >= 0.6 is 27.5 Å². The fourth-order valence-electron chi connectivity index (χ4n) is 1.84. The summed E-state index contributed by atoms with van der Waals surface area (Å²) in [6, 6.07) is 11.9. The summed E-state index contributed by atoms with van der Waals surface area (Å²) in [5.41, 5.74) is 2.79. The number of fused-ring (bicyclic) bond motifs is 1. The van der Waals surface area contributed by atoms with Gasteiger partial charge in [0.25, 0.3) is 0 Å². The van der Waals surface area contributed by atoms with Crippen LogP contribution in [0.1, 0.15) is 5.56 Å². The Morgan fingerprint density at radius 2 is 2.05 bits per heavy atom. The molecule has 0 aliphatic rings. The van der Waals surface area contributed by atoms with Gasteiger partial charge in [0.05, 0.1) is 11.9 Å². The first-order valence-electron chi connectivity index (χ1n) is 5.71. The van der Waals surface area contributed by atoms with Crippen LogP contribution < -0.4 is 5.32 Å². The highest BCUT2D eigenvalue weighted by Gasteiger charge is 2.09. The molecule has 0 atom stereocenters. The van der Waals surface area contributed by atoms with Gasteiger partial charge in [0.1, 0.15) is 4.60 Å². The molecule has 0 amide bonds. The first-order chi connectivity index (χ1) is 9.24. The van der Waals surface area contributed by atoms with Crippen LogP contribution in [0.3, 0.4) is 0 Å². The van der Waals surface area contributed by atoms with Crippen molar-refractivity contribution >= 4 is 38.9 Å². The largest absolute Gasteiger partial charge is 0.378 e. The van der Waals surface area contributed by atoms with Gasteiger partial charge in [-0.1, -0.05) is 41.9 Å². The third-order valence-electron chi connectivity index (χ3n) is 2.72. The third-order valence-corrected chi connectivity index (χ3v) is 3.45. The second-order valence-electron chi connectivity index (χ2n) is 4.04. The number of aromatic nitrogens is 3. The Balaban J connectivity index is 1.92. The van der Waals surface area contributed by atoms with Crippen molar-refractivity contribution in [2.24, 2.45) is 0 Å². The van der Waals surface area contributed by atoms with Gasteiger partial charge in [-0.3, -0.25) is 0 Å². The zero-order valence-corrected chi connectivity index (χ0v) is 12.2. The van der Waals surface area contributed by atoms with E-state index < -0.39 is 0 Å². The molecule has 0 spiro atoms. The Labute approximate surface area is 123 Å². The molecule has 1 aromatic carbocycles. The van der Waals surface area contributed by atoms with Crippen LogP contribution in [-0.2, 0) is 6.54 Å². The van der Waals surface area contributed by atoms with Crippen LogP contribution in [0.4, 0.5) is 5.69 Å². The Hall–Kier alpha value is -1.59. The molecule has 0 aliphatic heterocycles. The number of anilines is 1. The highest BCUT2D eigenvalue weighted by Crippen LogP contribution is 2.22. The molecule has 0 aliphatic carbocycles. The lowest BCUT2D eigenvalue weighted by atomic mass is 10.2. The van der Waals surface area contributed by atoms with Gasteiger partial charge < -0.3 is 5.32 Å². The SMILES string of the molecule is Clc1cc(NCc2ccccc2)c2ncc(Br)n2n1. The van der Waals surface area contributed by atoms with E-state index in [1.54, 1.807) is 16.8 Å². The lowest BCUT2D eigenvalue weighted by Gasteiger charge is -2.08. The van der Waals surface area contributed by atoms with E-state index in [2.05, 4.69) is 43.5 Å². The molecule has 3 aromatic rings. The summed E-state index contributed by atoms with van der Waals surface area (Å²) in [5, 5.41) is 7.93. The number of nitrogens with zero attached hydrogens (tertiary/aromatic N) is 3. The van der Waals surface area contributed by atoms with Crippen LogP contribution in [0.25, 0.3) is 5.65 Å². The Kier molecular flexibility index (Phi) is 3.40. The number of imidazole rings is 1. The van der Waals surface area contributed by atoms with Crippen molar-refractivity contribution in [2.45, 2.75) is 6.54 Å². The van der Waals surface area contributed by atoms with Crippen molar-refractivity contribution in [3.63, 3.8) is 0 Å². The van der Waals surface area contributed by atoms with Crippen LogP contribution in [0.2, 0.25) is 5.15 Å². The summed E-state index contributed by atoms with van der Waals surface area (Å²) in [6.07, 6.45) is 1.70. The second-order valence-corrected chi connectivity index (χ2v) is 5.24. The fourth-order valence-corrected chi connectivity index (χ4v) is 2.37. The number of halogens is 2. The van der Waals surface area contributed by atoms with Crippen LogP contribution in [0.5, 0.6) is 0 Å². The Morgan fingerprint density at radius 3 is 2.84 bits per heavy atom. The van der Waals surface area contributed by atoms with E-state index >= 15 is 0 Å². The van der Waals surface area contributed by atoms with Crippen molar-refractivity contribution in [2.75, 3.05) is 5.32 Å². The summed E-state index contributed by atoms with van der Waals surface area (Å²) >= 11 is 9.40. The number of hydrogen-bond acceptors (Lipinski definition) is 3. The smallest absolute Gasteiger partial charge is 0.178 e. The fraction of sp³-hybridized carbons (Fsp3) is 0.0769. The molecule has 0 unspecified atom stereocenters. The number of hydrogen-bond donors (Lipinski definition) is 1. The van der Waals surface area contributed by atoms with Gasteiger partial charge in [-0.2, -0.15) is 5.10 Å². The first-order valence-corrected chi connectivity index (χ1v) is 6.89. The standard InChI is InChI=1S/C13H10BrClN4/c14-11-8-17-13-10(6-12(15)18-19(11)13)16-7-9-4-2-1-3-5-9/h1-6,8,16H,7H2. The maximum Gasteiger partial charge on any atom is 0.178 e. The normalized spacial score (nSPS) is 10.8. The van der Waals surface area contributed by atoms with Gasteiger partial charge in [0.2, 0.25) is 0 Å². The van der Waals surface area contributed by atoms with Crippen LogP contribution in [-0.4, -0.2) is 14.6 Å². The molecule has 0 saturated carbocycles. The van der Waals surface area contributed by atoms with Crippen LogP contribution in [0.15, 0.2) is 47.2 Å². The predicted molar refractivity (Wildman–Crippen MR) is 79.5 cm³/mol. The zero-order valence-electron chi connectivity index (χ0n) is 9.85. The van der Waals surface area contributed by atoms with Gasteiger partial charge in [0, 0.05) is 12.6 Å². The minimum Gasteiger partial charge on any atom is -0.378 e. The van der Waals surface area contributed by atoms with E-state index in [-0.39, 0.29) is 0 Å². The van der Waals surface area contributed by atoms with E-state index in [1.165, 1.54) is 5.56 Å². The Bertz CT molecular complexity index is 711. The molecule has 0 saturated heterocycles. The maximum atomic E-state index is 6.01. The zero-order chi connectivity index (χ0) is 13.2. The van der Waals surface area contributed by atoms with Gasteiger partial charge >= 0.3 is 0 Å².